The normalized spacial score (nSPS) is 15.3. The third-order valence-electron chi connectivity index (χ3n) is 6.28. The maximum absolute atomic E-state index is 13.2. The van der Waals surface area contributed by atoms with Crippen LogP contribution in [-0.2, 0) is 10.2 Å². The Labute approximate surface area is 188 Å². The Morgan fingerprint density at radius 1 is 1.03 bits per heavy atom. The zero-order chi connectivity index (χ0) is 22.3. The lowest BCUT2D eigenvalue weighted by Gasteiger charge is -2.17. The highest BCUT2D eigenvalue weighted by atomic mass is 16.7. The molecule has 6 heteroatoms. The van der Waals surface area contributed by atoms with E-state index in [0.717, 1.165) is 35.1 Å². The van der Waals surface area contributed by atoms with Gasteiger partial charge in [-0.05, 0) is 54.7 Å². The number of Topliss-reactive ketones (excluding diaryl/α,β-unsaturated/α-hetero) is 1. The van der Waals surface area contributed by atoms with Crippen LogP contribution in [0.15, 0.2) is 54.7 Å². The molecule has 1 aliphatic carbocycles. The number of amides is 1. The largest absolute Gasteiger partial charge is 0.454 e. The fourth-order valence-corrected chi connectivity index (χ4v) is 4.11. The number of ether oxygens (including phenoxy) is 2. The van der Waals surface area contributed by atoms with E-state index in [-0.39, 0.29) is 19.9 Å². The van der Waals surface area contributed by atoms with Crippen molar-refractivity contribution in [2.45, 2.75) is 38.5 Å². The molecule has 5 rings (SSSR count). The van der Waals surface area contributed by atoms with E-state index in [4.69, 9.17) is 9.47 Å². The summed E-state index contributed by atoms with van der Waals surface area (Å²) in [5.74, 6) is 2.03. The van der Waals surface area contributed by atoms with Gasteiger partial charge in [0, 0.05) is 25.2 Å². The summed E-state index contributed by atoms with van der Waals surface area (Å²) in [7, 11) is 0. The number of anilines is 1. The van der Waals surface area contributed by atoms with Crippen molar-refractivity contribution in [2.24, 2.45) is 0 Å². The molecule has 2 heterocycles. The van der Waals surface area contributed by atoms with Crippen LogP contribution in [0, 0.1) is 6.92 Å². The van der Waals surface area contributed by atoms with Crippen LogP contribution in [0.4, 0.5) is 5.82 Å². The van der Waals surface area contributed by atoms with Crippen molar-refractivity contribution >= 4 is 17.5 Å². The first-order valence-corrected chi connectivity index (χ1v) is 10.8. The van der Waals surface area contributed by atoms with Crippen LogP contribution in [0.1, 0.15) is 49.1 Å². The van der Waals surface area contributed by atoms with Crippen molar-refractivity contribution in [3.8, 4) is 22.6 Å². The van der Waals surface area contributed by atoms with E-state index >= 15 is 0 Å². The molecule has 0 unspecified atom stereocenters. The lowest BCUT2D eigenvalue weighted by atomic mass is 9.94. The number of nitrogens with zero attached hydrogens (tertiary/aromatic N) is 1. The average Bonchev–Trinajstić information content (AvgIpc) is 3.50. The van der Waals surface area contributed by atoms with Crippen molar-refractivity contribution in [2.75, 3.05) is 12.1 Å². The second-order valence-corrected chi connectivity index (χ2v) is 8.35. The maximum Gasteiger partial charge on any atom is 0.236 e. The predicted octanol–water partition coefficient (Wildman–Crippen LogP) is 5.29. The molecule has 164 valence electrons. The molecule has 0 atom stereocenters. The first-order chi connectivity index (χ1) is 15.5. The van der Waals surface area contributed by atoms with Gasteiger partial charge in [0.25, 0.3) is 0 Å². The summed E-state index contributed by atoms with van der Waals surface area (Å²) in [5, 5.41) is 3.02. The van der Waals surface area contributed by atoms with E-state index in [1.807, 2.05) is 62.4 Å². The van der Waals surface area contributed by atoms with Gasteiger partial charge >= 0.3 is 0 Å². The zero-order valence-corrected chi connectivity index (χ0v) is 18.1. The van der Waals surface area contributed by atoms with E-state index < -0.39 is 5.41 Å². The second-order valence-electron chi connectivity index (χ2n) is 8.35. The Bertz CT molecular complexity index is 1220. The quantitative estimate of drug-likeness (QED) is 0.537. The molecule has 1 fully saturated rings. The standard InChI is InChI=1S/C26H24N2O4.H2/c1-3-21(29)18-6-4-17(5-7-18)19-12-16(2)24(27-14-19)28-25(30)26(10-11-26)20-8-9-22-23(13-20)32-15-31-22;/h4-9,12-14H,3,10-11,15H2,1-2H3,(H,27,28,30);1H. The number of rotatable bonds is 6. The minimum absolute atomic E-state index is 0. The molecule has 1 amide bonds. The summed E-state index contributed by atoms with van der Waals surface area (Å²) in [6.45, 7) is 4.00. The zero-order valence-electron chi connectivity index (χ0n) is 18.1. The number of hydrogen-bond acceptors (Lipinski definition) is 5. The summed E-state index contributed by atoms with van der Waals surface area (Å²) in [5.41, 5.74) is 3.90. The Morgan fingerprint density at radius 2 is 1.78 bits per heavy atom. The van der Waals surface area contributed by atoms with Crippen molar-refractivity contribution in [3.05, 3.63) is 71.4 Å². The van der Waals surface area contributed by atoms with Gasteiger partial charge in [0.1, 0.15) is 5.82 Å². The molecule has 1 saturated carbocycles. The molecule has 1 aromatic heterocycles. The highest BCUT2D eigenvalue weighted by Gasteiger charge is 2.51. The lowest BCUT2D eigenvalue weighted by molar-refractivity contribution is -0.118. The molecule has 32 heavy (non-hydrogen) atoms. The van der Waals surface area contributed by atoms with Gasteiger partial charge < -0.3 is 14.8 Å². The van der Waals surface area contributed by atoms with E-state index in [1.54, 1.807) is 6.20 Å². The Hall–Kier alpha value is -3.67. The molecule has 6 nitrogen and oxygen atoms in total. The molecular weight excluding hydrogens is 404 g/mol. The molecule has 3 aromatic rings. The summed E-state index contributed by atoms with van der Waals surface area (Å²) in [6, 6.07) is 15.2. The number of aryl methyl sites for hydroxylation is 1. The van der Waals surface area contributed by atoms with Crippen molar-refractivity contribution < 1.29 is 20.5 Å². The lowest BCUT2D eigenvalue weighted by Crippen LogP contribution is -2.28. The van der Waals surface area contributed by atoms with Crippen molar-refractivity contribution in [1.29, 1.82) is 0 Å². The Kier molecular flexibility index (Phi) is 4.93. The smallest absolute Gasteiger partial charge is 0.236 e. The van der Waals surface area contributed by atoms with Gasteiger partial charge in [-0.15, -0.1) is 0 Å². The van der Waals surface area contributed by atoms with Gasteiger partial charge in [-0.3, -0.25) is 9.59 Å². The molecule has 1 N–H and O–H groups in total. The third-order valence-corrected chi connectivity index (χ3v) is 6.28. The number of nitrogens with one attached hydrogen (secondary N) is 1. The summed E-state index contributed by atoms with van der Waals surface area (Å²) in [4.78, 5) is 29.5. The van der Waals surface area contributed by atoms with Gasteiger partial charge in [-0.2, -0.15) is 0 Å². The summed E-state index contributed by atoms with van der Waals surface area (Å²) < 4.78 is 10.9. The molecule has 0 saturated heterocycles. The third kappa shape index (κ3) is 3.51. The monoisotopic (exact) mass is 430 g/mol. The Morgan fingerprint density at radius 3 is 2.47 bits per heavy atom. The minimum atomic E-state index is -0.546. The van der Waals surface area contributed by atoms with Crippen LogP contribution in [0.5, 0.6) is 11.5 Å². The number of carbonyl (C=O) groups is 2. The van der Waals surface area contributed by atoms with Gasteiger partial charge in [-0.1, -0.05) is 37.3 Å². The summed E-state index contributed by atoms with van der Waals surface area (Å²) in [6.07, 6.45) is 3.82. The highest BCUT2D eigenvalue weighted by molar-refractivity contribution is 6.01. The number of aromatic nitrogens is 1. The minimum Gasteiger partial charge on any atom is -0.454 e. The van der Waals surface area contributed by atoms with Gasteiger partial charge in [0.2, 0.25) is 12.7 Å². The van der Waals surface area contributed by atoms with E-state index in [1.165, 1.54) is 0 Å². The molecular formula is C26H26N2O4. The first kappa shape index (κ1) is 20.2. The number of ketones is 1. The summed E-state index contributed by atoms with van der Waals surface area (Å²) >= 11 is 0. The second kappa shape index (κ2) is 7.79. The average molecular weight is 431 g/mol. The molecule has 1 aliphatic heterocycles. The van der Waals surface area contributed by atoms with Gasteiger partial charge in [0.15, 0.2) is 17.3 Å². The van der Waals surface area contributed by atoms with Crippen LogP contribution in [0.2, 0.25) is 0 Å². The fraction of sp³-hybridized carbons (Fsp3) is 0.269. The number of benzene rings is 2. The van der Waals surface area contributed by atoms with Crippen molar-refractivity contribution in [1.82, 2.24) is 4.98 Å². The molecule has 2 aromatic carbocycles. The molecule has 0 bridgehead atoms. The van der Waals surface area contributed by atoms with E-state index in [2.05, 4.69) is 10.3 Å². The molecule has 0 radical (unpaired) electrons. The van der Waals surface area contributed by atoms with Crippen LogP contribution in [0.3, 0.4) is 0 Å². The molecule has 0 spiro atoms. The highest BCUT2D eigenvalue weighted by Crippen LogP contribution is 2.51. The van der Waals surface area contributed by atoms with Gasteiger partial charge in [-0.25, -0.2) is 4.98 Å². The number of pyridine rings is 1. The number of hydrogen-bond donors (Lipinski definition) is 1. The topological polar surface area (TPSA) is 77.5 Å². The van der Waals surface area contributed by atoms with Gasteiger partial charge in [0.05, 0.1) is 5.41 Å². The number of fused-ring (bicyclic) bond motifs is 1. The maximum atomic E-state index is 13.2. The van der Waals surface area contributed by atoms with E-state index in [0.29, 0.717) is 29.3 Å². The SMILES string of the molecule is CCC(=O)c1ccc(-c2cnc(NC(=O)C3(c4ccc5c(c4)OCO5)CC3)c(C)c2)cc1.[HH]. The Balaban J connectivity index is 0.00000259. The van der Waals surface area contributed by atoms with Crippen LogP contribution in [0.25, 0.3) is 11.1 Å². The van der Waals surface area contributed by atoms with Crippen LogP contribution < -0.4 is 14.8 Å². The van der Waals surface area contributed by atoms with Crippen LogP contribution >= 0.6 is 0 Å². The van der Waals surface area contributed by atoms with Crippen LogP contribution in [-0.4, -0.2) is 23.5 Å². The number of carbonyl (C=O) groups excluding carboxylic acids is 2. The predicted molar refractivity (Wildman–Crippen MR) is 123 cm³/mol. The fourth-order valence-electron chi connectivity index (χ4n) is 4.11. The van der Waals surface area contributed by atoms with E-state index in [9.17, 15) is 9.59 Å². The van der Waals surface area contributed by atoms with Crippen molar-refractivity contribution in [3.63, 3.8) is 0 Å². The molecule has 2 aliphatic rings. The first-order valence-electron chi connectivity index (χ1n) is 10.8.